The summed E-state index contributed by atoms with van der Waals surface area (Å²) in [5.41, 5.74) is 0.726. The molecule has 1 amide bonds. The topological polar surface area (TPSA) is 59.8 Å². The van der Waals surface area contributed by atoms with E-state index in [-0.39, 0.29) is 11.7 Å². The lowest BCUT2D eigenvalue weighted by atomic mass is 10.3. The molecule has 0 aliphatic heterocycles. The number of thioether (sulfide) groups is 1. The van der Waals surface area contributed by atoms with Crippen LogP contribution in [0.2, 0.25) is 5.02 Å². The lowest BCUT2D eigenvalue weighted by Gasteiger charge is -2.06. The first-order valence-electron chi connectivity index (χ1n) is 7.29. The predicted molar refractivity (Wildman–Crippen MR) is 98.9 cm³/mol. The van der Waals surface area contributed by atoms with Crippen molar-refractivity contribution < 1.29 is 4.79 Å². The number of amides is 1. The molecule has 124 valence electrons. The molecular weight excluding hydrogens is 364 g/mol. The van der Waals surface area contributed by atoms with Crippen molar-refractivity contribution in [2.75, 3.05) is 11.1 Å². The normalized spacial score (nSPS) is 10.7. The Labute approximate surface area is 153 Å². The Bertz CT molecular complexity index is 787. The maximum Gasteiger partial charge on any atom is 0.234 e. The van der Waals surface area contributed by atoms with E-state index in [2.05, 4.69) is 27.0 Å². The maximum absolute atomic E-state index is 12.0. The summed E-state index contributed by atoms with van der Waals surface area (Å²) in [6.45, 7) is 0.800. The summed E-state index contributed by atoms with van der Waals surface area (Å²) in [6, 6.07) is 11.2. The van der Waals surface area contributed by atoms with Gasteiger partial charge in [0.15, 0.2) is 5.16 Å². The molecule has 3 aromatic rings. The molecule has 0 atom stereocenters. The molecule has 1 aromatic carbocycles. The van der Waals surface area contributed by atoms with Crippen molar-refractivity contribution >= 4 is 46.3 Å². The van der Waals surface area contributed by atoms with Gasteiger partial charge in [-0.05, 0) is 42.1 Å². The molecule has 24 heavy (non-hydrogen) atoms. The van der Waals surface area contributed by atoms with Gasteiger partial charge in [0.1, 0.15) is 6.33 Å². The quantitative estimate of drug-likeness (QED) is 0.632. The van der Waals surface area contributed by atoms with Gasteiger partial charge in [0, 0.05) is 22.1 Å². The standard InChI is InChI=1S/C16H15ClN4OS2/c17-12-3-5-13(6-4-12)19-15(22)10-24-16-20-18-11-21(16)8-7-14-2-1-9-23-14/h1-6,9,11H,7-8,10H2,(H,19,22). The van der Waals surface area contributed by atoms with Gasteiger partial charge in [0.2, 0.25) is 5.91 Å². The van der Waals surface area contributed by atoms with Crippen molar-refractivity contribution in [3.8, 4) is 0 Å². The zero-order valence-electron chi connectivity index (χ0n) is 12.7. The zero-order valence-corrected chi connectivity index (χ0v) is 15.1. The number of carbonyl (C=O) groups is 1. The number of benzene rings is 1. The second kappa shape index (κ2) is 8.32. The highest BCUT2D eigenvalue weighted by Gasteiger charge is 2.09. The van der Waals surface area contributed by atoms with Gasteiger partial charge in [-0.1, -0.05) is 29.4 Å². The van der Waals surface area contributed by atoms with Gasteiger partial charge in [-0.3, -0.25) is 4.79 Å². The summed E-state index contributed by atoms with van der Waals surface area (Å²) >= 11 is 8.94. The number of rotatable bonds is 7. The smallest absolute Gasteiger partial charge is 0.234 e. The molecule has 0 saturated carbocycles. The van der Waals surface area contributed by atoms with Crippen LogP contribution in [0.1, 0.15) is 4.88 Å². The van der Waals surface area contributed by atoms with Crippen molar-refractivity contribution in [2.45, 2.75) is 18.1 Å². The number of nitrogens with one attached hydrogen (secondary N) is 1. The van der Waals surface area contributed by atoms with Crippen LogP contribution in [0.25, 0.3) is 0 Å². The third-order valence-electron chi connectivity index (χ3n) is 3.22. The Morgan fingerprint density at radius 1 is 1.29 bits per heavy atom. The fraction of sp³-hybridized carbons (Fsp3) is 0.188. The number of aryl methyl sites for hydroxylation is 2. The van der Waals surface area contributed by atoms with Crippen LogP contribution in [-0.4, -0.2) is 26.4 Å². The predicted octanol–water partition coefficient (Wildman–Crippen LogP) is 3.97. The number of nitrogens with zero attached hydrogens (tertiary/aromatic N) is 3. The molecule has 3 rings (SSSR count). The highest BCUT2D eigenvalue weighted by molar-refractivity contribution is 7.99. The van der Waals surface area contributed by atoms with E-state index in [4.69, 9.17) is 11.6 Å². The first-order chi connectivity index (χ1) is 11.7. The van der Waals surface area contributed by atoms with Gasteiger partial charge in [-0.25, -0.2) is 0 Å². The Kier molecular flexibility index (Phi) is 5.90. The molecule has 0 fully saturated rings. The van der Waals surface area contributed by atoms with Crippen molar-refractivity contribution in [2.24, 2.45) is 0 Å². The second-order valence-electron chi connectivity index (χ2n) is 4.98. The van der Waals surface area contributed by atoms with E-state index in [0.29, 0.717) is 5.02 Å². The van der Waals surface area contributed by atoms with E-state index in [0.717, 1.165) is 23.8 Å². The lowest BCUT2D eigenvalue weighted by molar-refractivity contribution is -0.113. The number of aromatic nitrogens is 3. The highest BCUT2D eigenvalue weighted by Crippen LogP contribution is 2.18. The molecule has 8 heteroatoms. The number of anilines is 1. The van der Waals surface area contributed by atoms with E-state index >= 15 is 0 Å². The van der Waals surface area contributed by atoms with Crippen LogP contribution in [0.4, 0.5) is 5.69 Å². The minimum absolute atomic E-state index is 0.0878. The minimum Gasteiger partial charge on any atom is -0.325 e. The molecule has 0 bridgehead atoms. The van der Waals surface area contributed by atoms with Crippen LogP contribution in [0, 0.1) is 0 Å². The Morgan fingerprint density at radius 2 is 2.12 bits per heavy atom. The van der Waals surface area contributed by atoms with E-state index in [1.54, 1.807) is 41.9 Å². The maximum atomic E-state index is 12.0. The Hall–Kier alpha value is -1.83. The fourth-order valence-electron chi connectivity index (χ4n) is 2.06. The number of thiophene rings is 1. The van der Waals surface area contributed by atoms with Gasteiger partial charge in [-0.2, -0.15) is 0 Å². The third kappa shape index (κ3) is 4.83. The largest absolute Gasteiger partial charge is 0.325 e. The number of halogens is 1. The molecular formula is C16H15ClN4OS2. The Morgan fingerprint density at radius 3 is 2.88 bits per heavy atom. The van der Waals surface area contributed by atoms with Gasteiger partial charge in [0.25, 0.3) is 0 Å². The summed E-state index contributed by atoms with van der Waals surface area (Å²) < 4.78 is 1.97. The SMILES string of the molecule is O=C(CSc1nncn1CCc1cccs1)Nc1ccc(Cl)cc1. The zero-order chi connectivity index (χ0) is 16.8. The molecule has 1 N–H and O–H groups in total. The van der Waals surface area contributed by atoms with E-state index < -0.39 is 0 Å². The molecule has 0 unspecified atom stereocenters. The summed E-state index contributed by atoms with van der Waals surface area (Å²) in [4.78, 5) is 13.3. The molecule has 0 saturated heterocycles. The molecule has 0 spiro atoms. The van der Waals surface area contributed by atoms with Crippen LogP contribution in [0.5, 0.6) is 0 Å². The monoisotopic (exact) mass is 378 g/mol. The van der Waals surface area contributed by atoms with Crippen LogP contribution >= 0.6 is 34.7 Å². The van der Waals surface area contributed by atoms with E-state index in [1.165, 1.54) is 16.6 Å². The van der Waals surface area contributed by atoms with Crippen LogP contribution in [0.15, 0.2) is 53.3 Å². The number of hydrogen-bond acceptors (Lipinski definition) is 5. The van der Waals surface area contributed by atoms with Crippen molar-refractivity contribution in [3.05, 3.63) is 58.0 Å². The Balaban J connectivity index is 1.50. The van der Waals surface area contributed by atoms with Gasteiger partial charge in [0.05, 0.1) is 5.75 Å². The molecule has 5 nitrogen and oxygen atoms in total. The van der Waals surface area contributed by atoms with E-state index in [9.17, 15) is 4.79 Å². The lowest BCUT2D eigenvalue weighted by Crippen LogP contribution is -2.14. The minimum atomic E-state index is -0.0878. The van der Waals surface area contributed by atoms with E-state index in [1.807, 2.05) is 10.6 Å². The first-order valence-corrected chi connectivity index (χ1v) is 9.53. The fourth-order valence-corrected chi connectivity index (χ4v) is 3.62. The molecule has 2 heterocycles. The summed E-state index contributed by atoms with van der Waals surface area (Å²) in [7, 11) is 0. The number of hydrogen-bond donors (Lipinski definition) is 1. The summed E-state index contributed by atoms with van der Waals surface area (Å²) in [6.07, 6.45) is 2.63. The van der Waals surface area contributed by atoms with Crippen LogP contribution < -0.4 is 5.32 Å². The highest BCUT2D eigenvalue weighted by atomic mass is 35.5. The second-order valence-corrected chi connectivity index (χ2v) is 7.39. The average molecular weight is 379 g/mol. The van der Waals surface area contributed by atoms with Crippen molar-refractivity contribution in [1.29, 1.82) is 0 Å². The van der Waals surface area contributed by atoms with Gasteiger partial charge in [-0.15, -0.1) is 21.5 Å². The van der Waals surface area contributed by atoms with Crippen molar-refractivity contribution in [3.63, 3.8) is 0 Å². The molecule has 0 radical (unpaired) electrons. The van der Waals surface area contributed by atoms with Gasteiger partial charge >= 0.3 is 0 Å². The van der Waals surface area contributed by atoms with Gasteiger partial charge < -0.3 is 9.88 Å². The first kappa shape index (κ1) is 17.0. The summed E-state index contributed by atoms with van der Waals surface area (Å²) in [5, 5.41) is 14.3. The average Bonchev–Trinajstić information content (AvgIpc) is 3.24. The molecule has 2 aromatic heterocycles. The third-order valence-corrected chi connectivity index (χ3v) is 5.39. The number of carbonyl (C=O) groups excluding carboxylic acids is 1. The summed E-state index contributed by atoms with van der Waals surface area (Å²) in [5.74, 6) is 0.190. The van der Waals surface area contributed by atoms with Crippen molar-refractivity contribution in [1.82, 2.24) is 14.8 Å². The molecule has 0 aliphatic rings. The van der Waals surface area contributed by atoms with Crippen LogP contribution in [0.3, 0.4) is 0 Å². The molecule has 0 aliphatic carbocycles. The van der Waals surface area contributed by atoms with Crippen LogP contribution in [-0.2, 0) is 17.8 Å².